The number of carboxylic acid groups (broad SMARTS) is 3. The summed E-state index contributed by atoms with van der Waals surface area (Å²) < 4.78 is 15.5. The van der Waals surface area contributed by atoms with Gasteiger partial charge in [0.25, 0.3) is 0 Å². The van der Waals surface area contributed by atoms with E-state index in [1.54, 1.807) is 6.92 Å². The molecule has 0 saturated carbocycles. The zero-order valence-corrected chi connectivity index (χ0v) is 21.6. The van der Waals surface area contributed by atoms with Gasteiger partial charge in [-0.05, 0) is 33.1 Å². The average Bonchev–Trinajstić information content (AvgIpc) is 2.81. The van der Waals surface area contributed by atoms with Crippen molar-refractivity contribution in [3.8, 4) is 0 Å². The Kier molecular flexibility index (Phi) is 13.0. The molecule has 0 aliphatic carbocycles. The predicted molar refractivity (Wildman–Crippen MR) is 125 cm³/mol. The standard InChI is InChI=1S/C24H37NO12/c1-5-36-24(34)16(10-13(2)37-15(4)26)11-18(20(27)25-6-8-35-9-7-25)19(23(32)33)12-17(22(30)31)14(3)21(28)29/h13-14,16-19H,5-12H2,1-4H3,(H,28,29)(H,30,31)(H,32,33). The van der Waals surface area contributed by atoms with Crippen LogP contribution in [0, 0.1) is 29.6 Å². The number of amides is 1. The van der Waals surface area contributed by atoms with Crippen LogP contribution in [0.1, 0.15) is 47.0 Å². The van der Waals surface area contributed by atoms with Gasteiger partial charge in [-0.2, -0.15) is 0 Å². The molecule has 0 aromatic carbocycles. The molecule has 0 aromatic rings. The minimum absolute atomic E-state index is 0.0128. The lowest BCUT2D eigenvalue weighted by Crippen LogP contribution is -2.48. The first kappa shape index (κ1) is 31.8. The van der Waals surface area contributed by atoms with Crippen molar-refractivity contribution in [3.05, 3.63) is 0 Å². The van der Waals surface area contributed by atoms with E-state index in [4.69, 9.17) is 14.2 Å². The number of morpholine rings is 1. The van der Waals surface area contributed by atoms with Gasteiger partial charge in [-0.15, -0.1) is 0 Å². The molecule has 13 nitrogen and oxygen atoms in total. The van der Waals surface area contributed by atoms with Crippen LogP contribution in [-0.2, 0) is 43.0 Å². The van der Waals surface area contributed by atoms with E-state index in [0.717, 1.165) is 6.92 Å². The lowest BCUT2D eigenvalue weighted by atomic mass is 9.75. The molecule has 13 heteroatoms. The molecule has 0 radical (unpaired) electrons. The maximum Gasteiger partial charge on any atom is 0.309 e. The second kappa shape index (κ2) is 15.1. The first-order valence-electron chi connectivity index (χ1n) is 12.2. The van der Waals surface area contributed by atoms with Crippen molar-refractivity contribution in [2.75, 3.05) is 32.9 Å². The van der Waals surface area contributed by atoms with Crippen molar-refractivity contribution in [1.82, 2.24) is 4.90 Å². The van der Waals surface area contributed by atoms with Crippen LogP contribution in [0.25, 0.3) is 0 Å². The van der Waals surface area contributed by atoms with E-state index in [1.807, 2.05) is 0 Å². The second-order valence-electron chi connectivity index (χ2n) is 9.14. The normalized spacial score (nSPS) is 18.4. The van der Waals surface area contributed by atoms with Crippen LogP contribution in [0.2, 0.25) is 0 Å². The quantitative estimate of drug-likeness (QED) is 0.253. The minimum Gasteiger partial charge on any atom is -0.481 e. The topological polar surface area (TPSA) is 194 Å². The van der Waals surface area contributed by atoms with E-state index in [-0.39, 0.29) is 45.8 Å². The van der Waals surface area contributed by atoms with E-state index in [0.29, 0.717) is 0 Å². The Bertz CT molecular complexity index is 838. The third kappa shape index (κ3) is 9.98. The molecule has 0 spiro atoms. The number of esters is 2. The van der Waals surface area contributed by atoms with Gasteiger partial charge >= 0.3 is 29.8 Å². The van der Waals surface area contributed by atoms with E-state index >= 15 is 0 Å². The summed E-state index contributed by atoms with van der Waals surface area (Å²) in [7, 11) is 0. The molecule has 1 saturated heterocycles. The summed E-state index contributed by atoms with van der Waals surface area (Å²) in [4.78, 5) is 74.9. The Morgan fingerprint density at radius 1 is 0.838 bits per heavy atom. The molecule has 1 fully saturated rings. The van der Waals surface area contributed by atoms with Crippen LogP contribution in [0.5, 0.6) is 0 Å². The van der Waals surface area contributed by atoms with Crippen molar-refractivity contribution in [2.45, 2.75) is 53.1 Å². The van der Waals surface area contributed by atoms with Crippen molar-refractivity contribution < 1.29 is 58.3 Å². The summed E-state index contributed by atoms with van der Waals surface area (Å²) in [6, 6.07) is 0. The predicted octanol–water partition coefficient (Wildman–Crippen LogP) is 0.885. The number of carboxylic acids is 3. The Balaban J connectivity index is 3.45. The highest BCUT2D eigenvalue weighted by Crippen LogP contribution is 2.34. The van der Waals surface area contributed by atoms with Gasteiger partial charge in [0, 0.05) is 20.0 Å². The summed E-state index contributed by atoms with van der Waals surface area (Å²) in [6.07, 6.45) is -1.79. The molecule has 0 bridgehead atoms. The number of carbonyl (C=O) groups is 6. The molecule has 6 atom stereocenters. The van der Waals surface area contributed by atoms with E-state index < -0.39 is 77.9 Å². The molecule has 1 aliphatic heterocycles. The summed E-state index contributed by atoms with van der Waals surface area (Å²) in [5.41, 5.74) is 0. The Labute approximate surface area is 215 Å². The fourth-order valence-corrected chi connectivity index (χ4v) is 4.44. The molecule has 210 valence electrons. The fraction of sp³-hybridized carbons (Fsp3) is 0.750. The highest BCUT2D eigenvalue weighted by molar-refractivity contribution is 5.87. The van der Waals surface area contributed by atoms with Gasteiger partial charge in [-0.25, -0.2) is 0 Å². The average molecular weight is 532 g/mol. The number of aliphatic carboxylic acids is 3. The first-order chi connectivity index (χ1) is 17.3. The largest absolute Gasteiger partial charge is 0.481 e. The van der Waals surface area contributed by atoms with Crippen LogP contribution in [0.3, 0.4) is 0 Å². The molecule has 1 aliphatic rings. The van der Waals surface area contributed by atoms with Crippen molar-refractivity contribution >= 4 is 35.8 Å². The molecule has 1 heterocycles. The van der Waals surface area contributed by atoms with Crippen LogP contribution >= 0.6 is 0 Å². The monoisotopic (exact) mass is 531 g/mol. The lowest BCUT2D eigenvalue weighted by molar-refractivity contribution is -0.161. The van der Waals surface area contributed by atoms with Gasteiger partial charge < -0.3 is 34.4 Å². The van der Waals surface area contributed by atoms with Crippen LogP contribution in [0.15, 0.2) is 0 Å². The molecule has 3 N–H and O–H groups in total. The van der Waals surface area contributed by atoms with Gasteiger partial charge in [0.2, 0.25) is 5.91 Å². The first-order valence-corrected chi connectivity index (χ1v) is 12.2. The van der Waals surface area contributed by atoms with Crippen LogP contribution in [-0.4, -0.2) is 95.0 Å². The molecule has 0 aromatic heterocycles. The highest BCUT2D eigenvalue weighted by Gasteiger charge is 2.44. The molecule has 37 heavy (non-hydrogen) atoms. The second-order valence-corrected chi connectivity index (χ2v) is 9.14. The minimum atomic E-state index is -1.61. The van der Waals surface area contributed by atoms with Crippen molar-refractivity contribution in [1.29, 1.82) is 0 Å². The summed E-state index contributed by atoms with van der Waals surface area (Å²) in [5.74, 6) is -13.4. The number of nitrogens with zero attached hydrogens (tertiary/aromatic N) is 1. The molecule has 1 amide bonds. The zero-order valence-electron chi connectivity index (χ0n) is 21.6. The maximum absolute atomic E-state index is 13.6. The Morgan fingerprint density at radius 3 is 1.86 bits per heavy atom. The van der Waals surface area contributed by atoms with Gasteiger partial charge in [0.15, 0.2) is 0 Å². The van der Waals surface area contributed by atoms with Gasteiger partial charge in [-0.1, -0.05) is 6.92 Å². The number of ether oxygens (including phenoxy) is 3. The van der Waals surface area contributed by atoms with E-state index in [9.17, 15) is 44.1 Å². The highest BCUT2D eigenvalue weighted by atomic mass is 16.5. The number of hydrogen-bond donors (Lipinski definition) is 3. The zero-order chi connectivity index (χ0) is 28.3. The lowest BCUT2D eigenvalue weighted by Gasteiger charge is -2.35. The maximum atomic E-state index is 13.6. The Hall–Kier alpha value is -3.22. The van der Waals surface area contributed by atoms with Crippen LogP contribution in [0.4, 0.5) is 0 Å². The third-order valence-corrected chi connectivity index (χ3v) is 6.40. The Morgan fingerprint density at radius 2 is 1.41 bits per heavy atom. The van der Waals surface area contributed by atoms with Gasteiger partial charge in [0.05, 0.1) is 55.5 Å². The van der Waals surface area contributed by atoms with Gasteiger partial charge in [-0.3, -0.25) is 28.8 Å². The fourth-order valence-electron chi connectivity index (χ4n) is 4.44. The number of carbonyl (C=O) groups excluding carboxylic acids is 3. The molecule has 1 rings (SSSR count). The number of rotatable bonds is 15. The van der Waals surface area contributed by atoms with Crippen LogP contribution < -0.4 is 0 Å². The van der Waals surface area contributed by atoms with Crippen molar-refractivity contribution in [3.63, 3.8) is 0 Å². The summed E-state index contributed by atoms with van der Waals surface area (Å²) in [5, 5.41) is 29.1. The van der Waals surface area contributed by atoms with E-state index in [2.05, 4.69) is 0 Å². The smallest absolute Gasteiger partial charge is 0.309 e. The summed E-state index contributed by atoms with van der Waals surface area (Å²) in [6.45, 7) is 6.25. The van der Waals surface area contributed by atoms with Crippen molar-refractivity contribution in [2.24, 2.45) is 29.6 Å². The number of hydrogen-bond acceptors (Lipinski definition) is 9. The molecular formula is C24H37NO12. The SMILES string of the molecule is CCOC(=O)C(CC(C)OC(C)=O)CC(C(=O)N1CCOCC1)C(CC(C(=O)O)C(C)C(=O)O)C(=O)O. The molecular weight excluding hydrogens is 494 g/mol. The summed E-state index contributed by atoms with van der Waals surface area (Å²) >= 11 is 0. The van der Waals surface area contributed by atoms with Gasteiger partial charge in [0.1, 0.15) is 0 Å². The third-order valence-electron chi connectivity index (χ3n) is 6.40. The molecule has 6 unspecified atom stereocenters. The van der Waals surface area contributed by atoms with E-state index in [1.165, 1.54) is 18.7 Å².